The molecule has 2 aliphatic heterocycles. The van der Waals surface area contributed by atoms with Crippen molar-refractivity contribution in [1.82, 2.24) is 10.6 Å². The summed E-state index contributed by atoms with van der Waals surface area (Å²) in [4.78, 5) is 23.0. The fourth-order valence-corrected chi connectivity index (χ4v) is 2.20. The molecule has 1 atom stereocenters. The van der Waals surface area contributed by atoms with Gasteiger partial charge in [-0.2, -0.15) is 0 Å². The van der Waals surface area contributed by atoms with E-state index in [1.54, 1.807) is 0 Å². The summed E-state index contributed by atoms with van der Waals surface area (Å²) in [6.07, 6.45) is 4.24. The first-order valence-corrected chi connectivity index (χ1v) is 5.56. The van der Waals surface area contributed by atoms with Crippen LogP contribution in [-0.2, 0) is 9.59 Å². The van der Waals surface area contributed by atoms with Gasteiger partial charge in [0.15, 0.2) is 0 Å². The van der Waals surface area contributed by atoms with E-state index >= 15 is 0 Å². The summed E-state index contributed by atoms with van der Waals surface area (Å²) in [6.45, 7) is 2.55. The van der Waals surface area contributed by atoms with Gasteiger partial charge in [0.1, 0.15) is 0 Å². The van der Waals surface area contributed by atoms with E-state index in [1.165, 1.54) is 0 Å². The lowest BCUT2D eigenvalue weighted by atomic mass is 10.0. The number of rotatable bonds is 4. The Hall–Kier alpha value is -1.32. The van der Waals surface area contributed by atoms with Crippen LogP contribution in [0.1, 0.15) is 32.6 Å². The number of carbonyl (C=O) groups excluding carboxylic acids is 2. The van der Waals surface area contributed by atoms with Gasteiger partial charge < -0.3 is 10.6 Å². The van der Waals surface area contributed by atoms with Crippen molar-refractivity contribution in [1.29, 1.82) is 0 Å². The summed E-state index contributed by atoms with van der Waals surface area (Å²) in [5.41, 5.74) is 1.35. The molecule has 4 nitrogen and oxygen atoms in total. The maximum Gasteiger partial charge on any atom is 0.250 e. The molecule has 2 N–H and O–H groups in total. The summed E-state index contributed by atoms with van der Waals surface area (Å²) in [5, 5.41) is 5.57. The van der Waals surface area contributed by atoms with Crippen molar-refractivity contribution in [2.75, 3.05) is 6.54 Å². The van der Waals surface area contributed by atoms with Gasteiger partial charge in [0.25, 0.3) is 0 Å². The van der Waals surface area contributed by atoms with Gasteiger partial charge in [-0.05, 0) is 6.42 Å². The molecule has 1 unspecified atom stereocenters. The summed E-state index contributed by atoms with van der Waals surface area (Å²) < 4.78 is 0. The SMILES string of the molecule is CCCCCC1NC(=O)C2=C1C(=O)NC2. The lowest BCUT2D eigenvalue weighted by molar-refractivity contribution is -0.117. The zero-order valence-electron chi connectivity index (χ0n) is 8.93. The number of nitrogens with one attached hydrogen (secondary N) is 2. The third-order valence-corrected chi connectivity index (χ3v) is 3.02. The quantitative estimate of drug-likeness (QED) is 0.661. The minimum atomic E-state index is -0.0650. The Morgan fingerprint density at radius 2 is 2.07 bits per heavy atom. The number of hydrogen-bond donors (Lipinski definition) is 2. The highest BCUT2D eigenvalue weighted by atomic mass is 16.2. The molecule has 0 fully saturated rings. The molecule has 0 bridgehead atoms. The average Bonchev–Trinajstić information content (AvgIpc) is 2.72. The fraction of sp³-hybridized carbons (Fsp3) is 0.636. The van der Waals surface area contributed by atoms with Crippen LogP contribution in [0.3, 0.4) is 0 Å². The molecule has 15 heavy (non-hydrogen) atoms. The first kappa shape index (κ1) is 10.2. The second-order valence-corrected chi connectivity index (χ2v) is 4.10. The van der Waals surface area contributed by atoms with Crippen LogP contribution in [0.4, 0.5) is 0 Å². The summed E-state index contributed by atoms with van der Waals surface area (Å²) >= 11 is 0. The number of carbonyl (C=O) groups is 2. The summed E-state index contributed by atoms with van der Waals surface area (Å²) in [6, 6.07) is -0.0402. The smallest absolute Gasteiger partial charge is 0.250 e. The van der Waals surface area contributed by atoms with Crippen LogP contribution in [0, 0.1) is 0 Å². The molecule has 0 aliphatic carbocycles. The minimum Gasteiger partial charge on any atom is -0.348 e. The van der Waals surface area contributed by atoms with E-state index in [-0.39, 0.29) is 17.9 Å². The van der Waals surface area contributed by atoms with Crippen LogP contribution in [0.15, 0.2) is 11.1 Å². The Balaban J connectivity index is 2.03. The molecule has 82 valence electrons. The fourth-order valence-electron chi connectivity index (χ4n) is 2.20. The van der Waals surface area contributed by atoms with Gasteiger partial charge in [0.2, 0.25) is 11.8 Å². The molecule has 0 saturated carbocycles. The molecular formula is C11H16N2O2. The molecule has 0 aromatic heterocycles. The lowest BCUT2D eigenvalue weighted by Crippen LogP contribution is -2.36. The Labute approximate surface area is 89.1 Å². The Morgan fingerprint density at radius 3 is 2.80 bits per heavy atom. The van der Waals surface area contributed by atoms with Crippen LogP contribution < -0.4 is 10.6 Å². The molecule has 0 spiro atoms. The van der Waals surface area contributed by atoms with E-state index in [0.717, 1.165) is 25.7 Å². The molecular weight excluding hydrogens is 192 g/mol. The highest BCUT2D eigenvalue weighted by molar-refractivity contribution is 6.12. The predicted molar refractivity (Wildman–Crippen MR) is 56.1 cm³/mol. The molecule has 0 aromatic carbocycles. The molecule has 0 aromatic rings. The van der Waals surface area contributed by atoms with E-state index in [2.05, 4.69) is 17.6 Å². The van der Waals surface area contributed by atoms with E-state index in [9.17, 15) is 9.59 Å². The van der Waals surface area contributed by atoms with Gasteiger partial charge >= 0.3 is 0 Å². The van der Waals surface area contributed by atoms with Gasteiger partial charge in [-0.3, -0.25) is 9.59 Å². The molecule has 0 radical (unpaired) electrons. The van der Waals surface area contributed by atoms with E-state index < -0.39 is 0 Å². The van der Waals surface area contributed by atoms with Crippen LogP contribution >= 0.6 is 0 Å². The van der Waals surface area contributed by atoms with Gasteiger partial charge in [-0.15, -0.1) is 0 Å². The van der Waals surface area contributed by atoms with Gasteiger partial charge in [-0.25, -0.2) is 0 Å². The van der Waals surface area contributed by atoms with Crippen molar-refractivity contribution in [2.45, 2.75) is 38.6 Å². The maximum absolute atomic E-state index is 11.5. The highest BCUT2D eigenvalue weighted by Crippen LogP contribution is 2.24. The molecule has 2 heterocycles. The number of amides is 2. The minimum absolute atomic E-state index is 0.0402. The number of unbranched alkanes of at least 4 members (excludes halogenated alkanes) is 2. The topological polar surface area (TPSA) is 58.2 Å². The summed E-state index contributed by atoms with van der Waals surface area (Å²) in [5.74, 6) is -0.130. The second kappa shape index (κ2) is 4.04. The largest absolute Gasteiger partial charge is 0.348 e. The summed E-state index contributed by atoms with van der Waals surface area (Å²) in [7, 11) is 0. The van der Waals surface area contributed by atoms with Crippen molar-refractivity contribution in [3.05, 3.63) is 11.1 Å². The molecule has 2 rings (SSSR count). The van der Waals surface area contributed by atoms with Crippen molar-refractivity contribution in [2.24, 2.45) is 0 Å². The molecule has 0 saturated heterocycles. The number of hydrogen-bond acceptors (Lipinski definition) is 2. The molecule has 4 heteroatoms. The van der Waals surface area contributed by atoms with Crippen LogP contribution in [0.25, 0.3) is 0 Å². The van der Waals surface area contributed by atoms with Crippen LogP contribution in [0.5, 0.6) is 0 Å². The van der Waals surface area contributed by atoms with E-state index in [0.29, 0.717) is 17.7 Å². The standard InChI is InChI=1S/C11H16N2O2/c1-2-3-4-5-8-9-7(10(14)13-8)6-12-11(9)15/h8H,2-6H2,1H3,(H,12,15)(H,13,14). The Bertz CT molecular complexity index is 331. The third kappa shape index (κ3) is 1.76. The van der Waals surface area contributed by atoms with Crippen molar-refractivity contribution in [3.63, 3.8) is 0 Å². The van der Waals surface area contributed by atoms with Crippen LogP contribution in [-0.4, -0.2) is 24.4 Å². The Kier molecular flexibility index (Phi) is 2.75. The molecule has 2 amide bonds. The van der Waals surface area contributed by atoms with E-state index in [1.807, 2.05) is 0 Å². The maximum atomic E-state index is 11.5. The van der Waals surface area contributed by atoms with Crippen molar-refractivity contribution >= 4 is 11.8 Å². The zero-order chi connectivity index (χ0) is 10.8. The van der Waals surface area contributed by atoms with Crippen LogP contribution in [0.2, 0.25) is 0 Å². The first-order chi connectivity index (χ1) is 7.24. The van der Waals surface area contributed by atoms with E-state index in [4.69, 9.17) is 0 Å². The molecule has 2 aliphatic rings. The van der Waals surface area contributed by atoms with Crippen molar-refractivity contribution in [3.8, 4) is 0 Å². The normalized spacial score (nSPS) is 24.2. The highest BCUT2D eigenvalue weighted by Gasteiger charge is 2.38. The van der Waals surface area contributed by atoms with Gasteiger partial charge in [0, 0.05) is 17.7 Å². The second-order valence-electron chi connectivity index (χ2n) is 4.10. The van der Waals surface area contributed by atoms with Gasteiger partial charge in [-0.1, -0.05) is 26.2 Å². The average molecular weight is 208 g/mol. The monoisotopic (exact) mass is 208 g/mol. The predicted octanol–water partition coefficient (Wildman–Crippen LogP) is 0.491. The van der Waals surface area contributed by atoms with Crippen molar-refractivity contribution < 1.29 is 9.59 Å². The van der Waals surface area contributed by atoms with Gasteiger partial charge in [0.05, 0.1) is 6.04 Å². The lowest BCUT2D eigenvalue weighted by Gasteiger charge is -2.13. The zero-order valence-corrected chi connectivity index (χ0v) is 8.93. The third-order valence-electron chi connectivity index (χ3n) is 3.02. The Morgan fingerprint density at radius 1 is 1.27 bits per heavy atom. The first-order valence-electron chi connectivity index (χ1n) is 5.56.